The summed E-state index contributed by atoms with van der Waals surface area (Å²) in [5, 5.41) is 12.3. The number of fused-ring (bicyclic) bond motifs is 1. The average molecular weight is 270 g/mol. The summed E-state index contributed by atoms with van der Waals surface area (Å²) in [5.41, 5.74) is 7.94. The molecule has 3 rings (SSSR count). The number of nitrogens with zero attached hydrogens (tertiary/aromatic N) is 2. The van der Waals surface area contributed by atoms with Gasteiger partial charge in [-0.15, -0.1) is 0 Å². The molecular weight excluding hydrogens is 252 g/mol. The molecule has 0 spiro atoms. The van der Waals surface area contributed by atoms with E-state index in [2.05, 4.69) is 16.3 Å². The fourth-order valence-corrected chi connectivity index (χ4v) is 3.25. The smallest absolute Gasteiger partial charge is 0.220 e. The summed E-state index contributed by atoms with van der Waals surface area (Å²) in [6.45, 7) is 1.75. The Labute approximate surface area is 118 Å². The minimum Gasteiger partial charge on any atom is -0.399 e. The number of nitrogens with one attached hydrogen (secondary N) is 1. The topological polar surface area (TPSA) is 82.2 Å². The van der Waals surface area contributed by atoms with E-state index in [1.807, 2.05) is 12.1 Å². The van der Waals surface area contributed by atoms with E-state index >= 15 is 0 Å². The number of benzene rings is 1. The Bertz CT molecular complexity index is 578. The van der Waals surface area contributed by atoms with Gasteiger partial charge in [-0.3, -0.25) is 4.79 Å². The van der Waals surface area contributed by atoms with Gasteiger partial charge in [-0.25, -0.2) is 0 Å². The number of hydrogen-bond acceptors (Lipinski definition) is 4. The first-order chi connectivity index (χ1) is 9.67. The number of carbonyl (C=O) groups excluding carboxylic acids is 1. The predicted octanol–water partition coefficient (Wildman–Crippen LogP) is 1.25. The van der Waals surface area contributed by atoms with Crippen molar-refractivity contribution in [1.29, 1.82) is 5.26 Å². The quantitative estimate of drug-likeness (QED) is 0.752. The van der Waals surface area contributed by atoms with E-state index in [0.717, 1.165) is 31.6 Å². The molecule has 0 bridgehead atoms. The summed E-state index contributed by atoms with van der Waals surface area (Å²) >= 11 is 0. The standard InChI is InChI=1S/C15H18N4O/c16-8-11-7-12(17)2-3-14(11)19-6-5-13-10(9-19)1-4-15(20)18-13/h2-3,7,10,13H,1,4-6,9,17H2,(H,18,20). The van der Waals surface area contributed by atoms with Crippen molar-refractivity contribution < 1.29 is 4.79 Å². The Balaban J connectivity index is 1.80. The molecule has 20 heavy (non-hydrogen) atoms. The van der Waals surface area contributed by atoms with E-state index < -0.39 is 0 Å². The second kappa shape index (κ2) is 5.04. The Morgan fingerprint density at radius 1 is 1.40 bits per heavy atom. The van der Waals surface area contributed by atoms with E-state index in [1.165, 1.54) is 0 Å². The minimum absolute atomic E-state index is 0.171. The molecule has 3 N–H and O–H groups in total. The molecule has 0 aliphatic carbocycles. The van der Waals surface area contributed by atoms with Crippen molar-refractivity contribution >= 4 is 17.3 Å². The van der Waals surface area contributed by atoms with Crippen molar-refractivity contribution in [2.45, 2.75) is 25.3 Å². The van der Waals surface area contributed by atoms with Crippen molar-refractivity contribution in [3.63, 3.8) is 0 Å². The molecule has 2 aliphatic rings. The zero-order valence-electron chi connectivity index (χ0n) is 11.3. The highest BCUT2D eigenvalue weighted by atomic mass is 16.1. The van der Waals surface area contributed by atoms with Gasteiger partial charge >= 0.3 is 0 Å². The second-order valence-electron chi connectivity index (χ2n) is 5.60. The second-order valence-corrected chi connectivity index (χ2v) is 5.60. The number of piperidine rings is 2. The van der Waals surface area contributed by atoms with Crippen LogP contribution in [0, 0.1) is 17.2 Å². The highest BCUT2D eigenvalue weighted by molar-refractivity contribution is 5.77. The van der Waals surface area contributed by atoms with E-state index in [0.29, 0.717) is 29.6 Å². The third-order valence-corrected chi connectivity index (χ3v) is 4.30. The third-order valence-electron chi connectivity index (χ3n) is 4.30. The molecule has 0 saturated carbocycles. The number of amides is 1. The first-order valence-electron chi connectivity index (χ1n) is 7.01. The van der Waals surface area contributed by atoms with Gasteiger partial charge in [0.2, 0.25) is 5.91 Å². The first kappa shape index (κ1) is 12.8. The largest absolute Gasteiger partial charge is 0.399 e. The molecular formula is C15H18N4O. The number of carbonyl (C=O) groups is 1. The predicted molar refractivity (Wildman–Crippen MR) is 77.1 cm³/mol. The van der Waals surface area contributed by atoms with E-state index in [-0.39, 0.29) is 5.91 Å². The van der Waals surface area contributed by atoms with Crippen LogP contribution in [-0.4, -0.2) is 25.0 Å². The van der Waals surface area contributed by atoms with Crippen LogP contribution in [0.1, 0.15) is 24.8 Å². The van der Waals surface area contributed by atoms with Crippen LogP contribution in [0.15, 0.2) is 18.2 Å². The van der Waals surface area contributed by atoms with Gasteiger partial charge < -0.3 is 16.0 Å². The number of anilines is 2. The summed E-state index contributed by atoms with van der Waals surface area (Å²) in [4.78, 5) is 13.7. The molecule has 2 aliphatic heterocycles. The molecule has 0 radical (unpaired) electrons. The zero-order valence-corrected chi connectivity index (χ0v) is 11.3. The van der Waals surface area contributed by atoms with Gasteiger partial charge in [-0.2, -0.15) is 5.26 Å². The van der Waals surface area contributed by atoms with Crippen molar-refractivity contribution in [2.24, 2.45) is 5.92 Å². The lowest BCUT2D eigenvalue weighted by atomic mass is 9.85. The summed E-state index contributed by atoms with van der Waals surface area (Å²) < 4.78 is 0. The van der Waals surface area contributed by atoms with E-state index in [9.17, 15) is 10.1 Å². The first-order valence-corrected chi connectivity index (χ1v) is 7.01. The molecule has 2 saturated heterocycles. The number of nitriles is 1. The molecule has 0 aromatic heterocycles. The van der Waals surface area contributed by atoms with Crippen molar-refractivity contribution in [3.05, 3.63) is 23.8 Å². The van der Waals surface area contributed by atoms with Gasteiger partial charge in [0.1, 0.15) is 6.07 Å². The van der Waals surface area contributed by atoms with Crippen LogP contribution in [0.4, 0.5) is 11.4 Å². The van der Waals surface area contributed by atoms with Crippen molar-refractivity contribution in [1.82, 2.24) is 5.32 Å². The summed E-state index contributed by atoms with van der Waals surface area (Å²) in [5.74, 6) is 0.649. The zero-order chi connectivity index (χ0) is 14.1. The van der Waals surface area contributed by atoms with E-state index in [4.69, 9.17) is 5.73 Å². The minimum atomic E-state index is 0.171. The lowest BCUT2D eigenvalue weighted by molar-refractivity contribution is -0.124. The third kappa shape index (κ3) is 2.29. The van der Waals surface area contributed by atoms with Gasteiger partial charge in [0, 0.05) is 31.2 Å². The number of nitrogens with two attached hydrogens (primary N) is 1. The number of nitrogen functional groups attached to an aromatic ring is 1. The van der Waals surface area contributed by atoms with Crippen LogP contribution >= 0.6 is 0 Å². The van der Waals surface area contributed by atoms with Crippen LogP contribution in [0.2, 0.25) is 0 Å². The maximum atomic E-state index is 11.4. The van der Waals surface area contributed by atoms with Gasteiger partial charge in [0.05, 0.1) is 11.3 Å². The average Bonchev–Trinajstić information content (AvgIpc) is 2.46. The molecule has 104 valence electrons. The maximum absolute atomic E-state index is 11.4. The van der Waals surface area contributed by atoms with Crippen molar-refractivity contribution in [3.8, 4) is 6.07 Å². The Hall–Kier alpha value is -2.22. The SMILES string of the molecule is N#Cc1cc(N)ccc1N1CCC2NC(=O)CCC2C1. The summed E-state index contributed by atoms with van der Waals surface area (Å²) in [6.07, 6.45) is 2.48. The Morgan fingerprint density at radius 2 is 2.25 bits per heavy atom. The highest BCUT2D eigenvalue weighted by Gasteiger charge is 2.34. The highest BCUT2D eigenvalue weighted by Crippen LogP contribution is 2.31. The molecule has 5 heteroatoms. The molecule has 2 unspecified atom stereocenters. The number of hydrogen-bond donors (Lipinski definition) is 2. The van der Waals surface area contributed by atoms with Crippen LogP contribution < -0.4 is 16.0 Å². The summed E-state index contributed by atoms with van der Waals surface area (Å²) in [7, 11) is 0. The Morgan fingerprint density at radius 3 is 3.05 bits per heavy atom. The van der Waals surface area contributed by atoms with Crippen LogP contribution in [0.3, 0.4) is 0 Å². The maximum Gasteiger partial charge on any atom is 0.220 e. The lowest BCUT2D eigenvalue weighted by Gasteiger charge is -2.42. The fourth-order valence-electron chi connectivity index (χ4n) is 3.25. The molecule has 1 aromatic carbocycles. The summed E-state index contributed by atoms with van der Waals surface area (Å²) in [6, 6.07) is 8.01. The fraction of sp³-hybridized carbons (Fsp3) is 0.467. The molecule has 5 nitrogen and oxygen atoms in total. The van der Waals surface area contributed by atoms with Gasteiger partial charge in [-0.1, -0.05) is 0 Å². The molecule has 2 atom stereocenters. The molecule has 2 fully saturated rings. The van der Waals surface area contributed by atoms with Crippen LogP contribution in [-0.2, 0) is 4.79 Å². The molecule has 2 heterocycles. The van der Waals surface area contributed by atoms with Gasteiger partial charge in [0.15, 0.2) is 0 Å². The normalized spacial score (nSPS) is 25.6. The molecule has 1 amide bonds. The Kier molecular flexibility index (Phi) is 3.23. The monoisotopic (exact) mass is 270 g/mol. The van der Waals surface area contributed by atoms with Crippen LogP contribution in [0.5, 0.6) is 0 Å². The lowest BCUT2D eigenvalue weighted by Crippen LogP contribution is -2.54. The van der Waals surface area contributed by atoms with Gasteiger partial charge in [-0.05, 0) is 37.0 Å². The van der Waals surface area contributed by atoms with Crippen LogP contribution in [0.25, 0.3) is 0 Å². The van der Waals surface area contributed by atoms with Gasteiger partial charge in [0.25, 0.3) is 0 Å². The molecule has 1 aromatic rings. The van der Waals surface area contributed by atoms with Crippen molar-refractivity contribution in [2.75, 3.05) is 23.7 Å². The number of rotatable bonds is 1. The van der Waals surface area contributed by atoms with E-state index in [1.54, 1.807) is 6.07 Å².